The van der Waals surface area contributed by atoms with Gasteiger partial charge in [0.15, 0.2) is 0 Å². The predicted molar refractivity (Wildman–Crippen MR) is 74.1 cm³/mol. The molecule has 96 valence electrons. The van der Waals surface area contributed by atoms with Crippen LogP contribution in [-0.4, -0.2) is 31.1 Å². The van der Waals surface area contributed by atoms with Crippen molar-refractivity contribution in [2.45, 2.75) is 13.0 Å². The van der Waals surface area contributed by atoms with Crippen molar-refractivity contribution in [3.8, 4) is 0 Å². The van der Waals surface area contributed by atoms with Gasteiger partial charge in [0.25, 0.3) is 0 Å². The summed E-state index contributed by atoms with van der Waals surface area (Å²) in [5, 5.41) is 3.36. The van der Waals surface area contributed by atoms with Gasteiger partial charge in [-0.05, 0) is 53.1 Å². The van der Waals surface area contributed by atoms with Gasteiger partial charge in [-0.2, -0.15) is 0 Å². The Labute approximate surface area is 116 Å². The second-order valence-electron chi connectivity index (χ2n) is 4.13. The lowest BCUT2D eigenvalue weighted by atomic mass is 10.2. The number of halogens is 3. The Kier molecular flexibility index (Phi) is 6.41. The van der Waals surface area contributed by atoms with Crippen LogP contribution in [0.2, 0.25) is 0 Å². The van der Waals surface area contributed by atoms with Crippen LogP contribution in [0.5, 0.6) is 0 Å². The molecule has 0 radical (unpaired) electrons. The van der Waals surface area contributed by atoms with E-state index in [-0.39, 0.29) is 18.2 Å². The first-order valence-electron chi connectivity index (χ1n) is 5.63. The molecule has 1 aromatic carbocycles. The highest BCUT2D eigenvalue weighted by atomic mass is 79.9. The Morgan fingerprint density at radius 3 is 2.88 bits per heavy atom. The molecule has 0 amide bonds. The molecule has 1 saturated heterocycles. The van der Waals surface area contributed by atoms with Crippen LogP contribution in [0.25, 0.3) is 0 Å². The number of benzene rings is 1. The molecule has 0 aromatic heterocycles. The van der Waals surface area contributed by atoms with Crippen LogP contribution in [0.15, 0.2) is 22.7 Å². The average molecular weight is 324 g/mol. The Morgan fingerprint density at radius 2 is 2.12 bits per heavy atom. The van der Waals surface area contributed by atoms with Crippen LogP contribution in [0.4, 0.5) is 4.39 Å². The molecular formula is C12H17BrClFN2. The van der Waals surface area contributed by atoms with Crippen LogP contribution < -0.4 is 5.32 Å². The summed E-state index contributed by atoms with van der Waals surface area (Å²) >= 11 is 3.17. The third-order valence-electron chi connectivity index (χ3n) is 2.82. The van der Waals surface area contributed by atoms with Crippen molar-refractivity contribution < 1.29 is 4.39 Å². The summed E-state index contributed by atoms with van der Waals surface area (Å²) in [5.74, 6) is -0.176. The van der Waals surface area contributed by atoms with Crippen molar-refractivity contribution in [3.05, 3.63) is 34.1 Å². The van der Waals surface area contributed by atoms with Crippen molar-refractivity contribution >= 4 is 28.3 Å². The standard InChI is InChI=1S/C12H16BrFN2.ClH/c13-11-3-2-10(8-12(11)14)9-16-6-1-4-15-5-7-16;/h2-3,8,15H,1,4-7,9H2;1H. The molecular weight excluding hydrogens is 307 g/mol. The highest BCUT2D eigenvalue weighted by Crippen LogP contribution is 2.17. The molecule has 1 N–H and O–H groups in total. The lowest BCUT2D eigenvalue weighted by Crippen LogP contribution is -2.27. The van der Waals surface area contributed by atoms with Crippen LogP contribution in [0.1, 0.15) is 12.0 Å². The summed E-state index contributed by atoms with van der Waals surface area (Å²) in [6, 6.07) is 5.37. The molecule has 5 heteroatoms. The van der Waals surface area contributed by atoms with Gasteiger partial charge < -0.3 is 5.32 Å². The zero-order chi connectivity index (χ0) is 11.4. The van der Waals surface area contributed by atoms with Gasteiger partial charge in [0, 0.05) is 19.6 Å². The minimum Gasteiger partial charge on any atom is -0.315 e. The van der Waals surface area contributed by atoms with Crippen molar-refractivity contribution in [2.75, 3.05) is 26.2 Å². The molecule has 17 heavy (non-hydrogen) atoms. The van der Waals surface area contributed by atoms with Crippen molar-refractivity contribution in [1.29, 1.82) is 0 Å². The van der Waals surface area contributed by atoms with Gasteiger partial charge >= 0.3 is 0 Å². The van der Waals surface area contributed by atoms with Gasteiger partial charge in [-0.3, -0.25) is 4.90 Å². The minimum absolute atomic E-state index is 0. The van der Waals surface area contributed by atoms with Crippen LogP contribution in [0, 0.1) is 5.82 Å². The SMILES string of the molecule is Cl.Fc1cc(CN2CCCNCC2)ccc1Br. The van der Waals surface area contributed by atoms with E-state index in [1.165, 1.54) is 6.42 Å². The summed E-state index contributed by atoms with van der Waals surface area (Å²) in [7, 11) is 0. The zero-order valence-electron chi connectivity index (χ0n) is 9.59. The van der Waals surface area contributed by atoms with E-state index >= 15 is 0 Å². The van der Waals surface area contributed by atoms with E-state index in [0.717, 1.165) is 38.3 Å². The van der Waals surface area contributed by atoms with Crippen LogP contribution >= 0.6 is 28.3 Å². The van der Waals surface area contributed by atoms with Gasteiger partial charge in [0.05, 0.1) is 4.47 Å². The summed E-state index contributed by atoms with van der Waals surface area (Å²) in [4.78, 5) is 2.36. The number of rotatable bonds is 2. The molecule has 1 aliphatic heterocycles. The Hall–Kier alpha value is -0.160. The lowest BCUT2D eigenvalue weighted by Gasteiger charge is -2.19. The highest BCUT2D eigenvalue weighted by Gasteiger charge is 2.09. The Balaban J connectivity index is 0.00000144. The molecule has 1 aliphatic rings. The zero-order valence-corrected chi connectivity index (χ0v) is 12.0. The third kappa shape index (κ3) is 4.54. The van der Waals surface area contributed by atoms with E-state index in [9.17, 15) is 4.39 Å². The van der Waals surface area contributed by atoms with Crippen LogP contribution in [-0.2, 0) is 6.54 Å². The Bertz CT molecular complexity index is 354. The molecule has 1 aromatic rings. The smallest absolute Gasteiger partial charge is 0.137 e. The van der Waals surface area contributed by atoms with Gasteiger partial charge in [-0.1, -0.05) is 6.07 Å². The summed E-state index contributed by atoms with van der Waals surface area (Å²) in [6.45, 7) is 5.08. The lowest BCUT2D eigenvalue weighted by molar-refractivity contribution is 0.284. The second kappa shape index (κ2) is 7.31. The van der Waals surface area contributed by atoms with Crippen molar-refractivity contribution in [3.63, 3.8) is 0 Å². The maximum Gasteiger partial charge on any atom is 0.137 e. The summed E-state index contributed by atoms with van der Waals surface area (Å²) < 4.78 is 13.9. The fourth-order valence-corrected chi connectivity index (χ4v) is 2.20. The highest BCUT2D eigenvalue weighted by molar-refractivity contribution is 9.10. The van der Waals surface area contributed by atoms with Crippen LogP contribution in [0.3, 0.4) is 0 Å². The fraction of sp³-hybridized carbons (Fsp3) is 0.500. The predicted octanol–water partition coefficient (Wildman–Crippen LogP) is 2.81. The van der Waals surface area contributed by atoms with E-state index in [1.807, 2.05) is 6.07 Å². The number of nitrogens with zero attached hydrogens (tertiary/aromatic N) is 1. The van der Waals surface area contributed by atoms with Crippen molar-refractivity contribution in [1.82, 2.24) is 10.2 Å². The van der Waals surface area contributed by atoms with Gasteiger partial charge in [0.2, 0.25) is 0 Å². The first-order valence-corrected chi connectivity index (χ1v) is 6.42. The van der Waals surface area contributed by atoms with Gasteiger partial charge in [-0.25, -0.2) is 4.39 Å². The van der Waals surface area contributed by atoms with Gasteiger partial charge in [0.1, 0.15) is 5.82 Å². The minimum atomic E-state index is -0.176. The number of hydrogen-bond donors (Lipinski definition) is 1. The average Bonchev–Trinajstić information content (AvgIpc) is 2.52. The second-order valence-corrected chi connectivity index (χ2v) is 4.98. The maximum atomic E-state index is 13.3. The molecule has 0 bridgehead atoms. The quantitative estimate of drug-likeness (QED) is 0.900. The normalized spacial score (nSPS) is 17.3. The molecule has 1 fully saturated rings. The number of nitrogens with one attached hydrogen (secondary N) is 1. The molecule has 0 atom stereocenters. The first-order chi connectivity index (χ1) is 7.75. The molecule has 0 aliphatic carbocycles. The maximum absolute atomic E-state index is 13.3. The summed E-state index contributed by atoms with van der Waals surface area (Å²) in [5.41, 5.74) is 1.04. The molecule has 0 saturated carbocycles. The Morgan fingerprint density at radius 1 is 1.29 bits per heavy atom. The van der Waals surface area contributed by atoms with E-state index in [4.69, 9.17) is 0 Å². The van der Waals surface area contributed by atoms with E-state index in [2.05, 4.69) is 26.1 Å². The van der Waals surface area contributed by atoms with Gasteiger partial charge in [-0.15, -0.1) is 12.4 Å². The third-order valence-corrected chi connectivity index (χ3v) is 3.47. The first kappa shape index (κ1) is 14.9. The largest absolute Gasteiger partial charge is 0.315 e. The monoisotopic (exact) mass is 322 g/mol. The topological polar surface area (TPSA) is 15.3 Å². The van der Waals surface area contributed by atoms with E-state index < -0.39 is 0 Å². The number of hydrogen-bond acceptors (Lipinski definition) is 2. The fourth-order valence-electron chi connectivity index (χ4n) is 1.96. The van der Waals surface area contributed by atoms with E-state index in [1.54, 1.807) is 12.1 Å². The molecule has 0 spiro atoms. The van der Waals surface area contributed by atoms with Crippen molar-refractivity contribution in [2.24, 2.45) is 0 Å². The van der Waals surface area contributed by atoms with E-state index in [0.29, 0.717) is 4.47 Å². The molecule has 2 nitrogen and oxygen atoms in total. The molecule has 2 rings (SSSR count). The summed E-state index contributed by atoms with van der Waals surface area (Å²) in [6.07, 6.45) is 1.17. The molecule has 1 heterocycles. The molecule has 0 unspecified atom stereocenters.